The van der Waals surface area contributed by atoms with Gasteiger partial charge >= 0.3 is 0 Å². The number of hydrogen-bond acceptors (Lipinski definition) is 5. The molecule has 2 aliphatic heterocycles. The van der Waals surface area contributed by atoms with E-state index in [0.717, 1.165) is 19.3 Å². The van der Waals surface area contributed by atoms with Gasteiger partial charge in [0.15, 0.2) is 0 Å². The molecule has 0 N–H and O–H groups in total. The number of rotatable bonds is 11. The standard InChI is InChI=1S/C18H30O5/c1-2-3-4-5-6-7-8-9-11-18-12-10-13(23-18)14(16(19)20)15(18)17(21)22/h13-15H,2-12H2,1H3,(H,19,20)(H,21,22)/p-2/t13-,14?,15?,18+/m1/s1. The molecule has 5 heteroatoms. The first-order chi connectivity index (χ1) is 11.0. The van der Waals surface area contributed by atoms with E-state index in [9.17, 15) is 19.8 Å². The lowest BCUT2D eigenvalue weighted by atomic mass is 9.69. The summed E-state index contributed by atoms with van der Waals surface area (Å²) in [5.41, 5.74) is -0.837. The van der Waals surface area contributed by atoms with E-state index < -0.39 is 35.5 Å². The molecule has 0 amide bonds. The van der Waals surface area contributed by atoms with E-state index in [-0.39, 0.29) is 0 Å². The van der Waals surface area contributed by atoms with E-state index in [2.05, 4.69) is 6.92 Å². The topological polar surface area (TPSA) is 89.5 Å². The summed E-state index contributed by atoms with van der Waals surface area (Å²) in [5, 5.41) is 22.7. The van der Waals surface area contributed by atoms with Crippen molar-refractivity contribution < 1.29 is 24.5 Å². The number of hydrogen-bond donors (Lipinski definition) is 0. The Kier molecular flexibility index (Phi) is 6.45. The summed E-state index contributed by atoms with van der Waals surface area (Å²) in [6, 6.07) is 0. The van der Waals surface area contributed by atoms with Crippen molar-refractivity contribution in [2.75, 3.05) is 0 Å². The SMILES string of the molecule is CCCCCCCCCC[C@@]12CC[C@@H](O1)C(C(=O)[O-])C2C(=O)[O-]. The number of ether oxygens (including phenoxy) is 1. The predicted molar refractivity (Wildman–Crippen MR) is 81.1 cm³/mol. The molecular weight excluding hydrogens is 296 g/mol. The largest absolute Gasteiger partial charge is 0.550 e. The van der Waals surface area contributed by atoms with Crippen LogP contribution in [0.1, 0.15) is 77.6 Å². The van der Waals surface area contributed by atoms with Crippen LogP contribution in [0.15, 0.2) is 0 Å². The molecule has 2 bridgehead atoms. The van der Waals surface area contributed by atoms with Crippen LogP contribution in [-0.4, -0.2) is 23.6 Å². The third-order valence-electron chi connectivity index (χ3n) is 5.54. The molecule has 5 nitrogen and oxygen atoms in total. The third-order valence-corrected chi connectivity index (χ3v) is 5.54. The van der Waals surface area contributed by atoms with Crippen molar-refractivity contribution >= 4 is 11.9 Å². The Morgan fingerprint density at radius 3 is 2.17 bits per heavy atom. The first kappa shape index (κ1) is 18.2. The van der Waals surface area contributed by atoms with Crippen molar-refractivity contribution in [2.24, 2.45) is 11.8 Å². The zero-order valence-corrected chi connectivity index (χ0v) is 14.1. The molecule has 2 fully saturated rings. The van der Waals surface area contributed by atoms with Gasteiger partial charge in [0, 0.05) is 23.8 Å². The lowest BCUT2D eigenvalue weighted by molar-refractivity contribution is -0.328. The summed E-state index contributed by atoms with van der Waals surface area (Å²) in [5.74, 6) is -4.73. The van der Waals surface area contributed by atoms with Crippen molar-refractivity contribution in [3.63, 3.8) is 0 Å². The van der Waals surface area contributed by atoms with Crippen LogP contribution in [0.25, 0.3) is 0 Å². The van der Waals surface area contributed by atoms with E-state index in [0.29, 0.717) is 19.3 Å². The second-order valence-electron chi connectivity index (χ2n) is 7.13. The van der Waals surface area contributed by atoms with Gasteiger partial charge in [0.05, 0.1) is 11.7 Å². The number of carboxylic acids is 2. The van der Waals surface area contributed by atoms with E-state index in [1.54, 1.807) is 0 Å². The molecule has 0 aromatic carbocycles. The zero-order valence-electron chi connectivity index (χ0n) is 14.1. The van der Waals surface area contributed by atoms with E-state index >= 15 is 0 Å². The van der Waals surface area contributed by atoms with Gasteiger partial charge < -0.3 is 24.5 Å². The van der Waals surface area contributed by atoms with Gasteiger partial charge in [-0.25, -0.2) is 0 Å². The Bertz CT molecular complexity index is 422. The first-order valence-electron chi connectivity index (χ1n) is 9.11. The predicted octanol–water partition coefficient (Wildman–Crippen LogP) is 1.18. The van der Waals surface area contributed by atoms with Crippen LogP contribution in [0.3, 0.4) is 0 Å². The highest BCUT2D eigenvalue weighted by molar-refractivity contribution is 5.80. The number of carbonyl (C=O) groups excluding carboxylic acids is 2. The Balaban J connectivity index is 1.79. The van der Waals surface area contributed by atoms with Crippen molar-refractivity contribution in [1.82, 2.24) is 0 Å². The molecular formula is C18H28O5-2. The maximum atomic E-state index is 11.5. The van der Waals surface area contributed by atoms with Crippen LogP contribution in [-0.2, 0) is 14.3 Å². The minimum absolute atomic E-state index is 0.517. The quantitative estimate of drug-likeness (QED) is 0.532. The van der Waals surface area contributed by atoms with Gasteiger partial charge in [-0.1, -0.05) is 58.3 Å². The highest BCUT2D eigenvalue weighted by Crippen LogP contribution is 2.53. The molecule has 132 valence electrons. The van der Waals surface area contributed by atoms with Gasteiger partial charge in [-0.15, -0.1) is 0 Å². The summed E-state index contributed by atoms with van der Waals surface area (Å²) >= 11 is 0. The molecule has 0 spiro atoms. The Labute approximate surface area is 138 Å². The Morgan fingerprint density at radius 1 is 1.00 bits per heavy atom. The van der Waals surface area contributed by atoms with Crippen molar-refractivity contribution in [3.05, 3.63) is 0 Å². The molecule has 23 heavy (non-hydrogen) atoms. The molecule has 2 rings (SSSR count). The molecule has 2 saturated heterocycles. The lowest BCUT2D eigenvalue weighted by Gasteiger charge is -2.37. The number of unbranched alkanes of at least 4 members (excludes halogenated alkanes) is 7. The van der Waals surface area contributed by atoms with E-state index in [4.69, 9.17) is 4.74 Å². The minimum atomic E-state index is -1.32. The Morgan fingerprint density at radius 2 is 1.61 bits per heavy atom. The maximum Gasteiger partial charge on any atom is 0.0774 e. The summed E-state index contributed by atoms with van der Waals surface area (Å²) in [6.45, 7) is 2.20. The van der Waals surface area contributed by atoms with Gasteiger partial charge in [-0.05, 0) is 19.3 Å². The lowest BCUT2D eigenvalue weighted by Crippen LogP contribution is -2.53. The van der Waals surface area contributed by atoms with E-state index in [1.165, 1.54) is 32.1 Å². The molecule has 2 aliphatic rings. The second kappa shape index (κ2) is 8.13. The van der Waals surface area contributed by atoms with Crippen LogP contribution >= 0.6 is 0 Å². The van der Waals surface area contributed by atoms with Crippen LogP contribution in [0, 0.1) is 11.8 Å². The van der Waals surface area contributed by atoms with Crippen LogP contribution < -0.4 is 10.2 Å². The fourth-order valence-electron chi connectivity index (χ4n) is 4.38. The van der Waals surface area contributed by atoms with Gasteiger partial charge in [-0.2, -0.15) is 0 Å². The van der Waals surface area contributed by atoms with Gasteiger partial charge in [0.1, 0.15) is 0 Å². The van der Waals surface area contributed by atoms with Crippen LogP contribution in [0.2, 0.25) is 0 Å². The zero-order chi connectivity index (χ0) is 16.9. The van der Waals surface area contributed by atoms with Crippen molar-refractivity contribution in [3.8, 4) is 0 Å². The third kappa shape index (κ3) is 4.06. The van der Waals surface area contributed by atoms with Crippen molar-refractivity contribution in [2.45, 2.75) is 89.3 Å². The normalized spacial score (nSPS) is 32.3. The first-order valence-corrected chi connectivity index (χ1v) is 9.11. The fourth-order valence-corrected chi connectivity index (χ4v) is 4.38. The molecule has 0 radical (unpaired) electrons. The number of carbonyl (C=O) groups is 2. The number of carboxylic acid groups (broad SMARTS) is 2. The van der Waals surface area contributed by atoms with Crippen LogP contribution in [0.5, 0.6) is 0 Å². The summed E-state index contributed by atoms with van der Waals surface area (Å²) in [4.78, 5) is 22.7. The number of aliphatic carboxylic acids is 2. The molecule has 0 saturated carbocycles. The second-order valence-corrected chi connectivity index (χ2v) is 7.13. The van der Waals surface area contributed by atoms with Gasteiger partial charge in [0.2, 0.25) is 0 Å². The van der Waals surface area contributed by atoms with Crippen LogP contribution in [0.4, 0.5) is 0 Å². The molecule has 0 aromatic rings. The monoisotopic (exact) mass is 324 g/mol. The highest BCUT2D eigenvalue weighted by Gasteiger charge is 2.59. The highest BCUT2D eigenvalue weighted by atomic mass is 16.5. The molecule has 0 aliphatic carbocycles. The summed E-state index contributed by atoms with van der Waals surface area (Å²) in [6.07, 6.45) is 10.7. The summed E-state index contributed by atoms with van der Waals surface area (Å²) < 4.78 is 5.83. The van der Waals surface area contributed by atoms with E-state index in [1.807, 2.05) is 0 Å². The molecule has 0 aromatic heterocycles. The average molecular weight is 324 g/mol. The molecule has 2 heterocycles. The molecule has 4 atom stereocenters. The fraction of sp³-hybridized carbons (Fsp3) is 0.889. The summed E-state index contributed by atoms with van der Waals surface area (Å²) in [7, 11) is 0. The number of fused-ring (bicyclic) bond motifs is 2. The van der Waals surface area contributed by atoms with Gasteiger partial charge in [0.25, 0.3) is 0 Å². The average Bonchev–Trinajstić information content (AvgIpc) is 3.06. The molecule has 2 unspecified atom stereocenters. The smallest absolute Gasteiger partial charge is 0.0774 e. The van der Waals surface area contributed by atoms with Gasteiger partial charge in [-0.3, -0.25) is 0 Å². The maximum absolute atomic E-state index is 11.5. The van der Waals surface area contributed by atoms with Crippen molar-refractivity contribution in [1.29, 1.82) is 0 Å². The minimum Gasteiger partial charge on any atom is -0.550 e. The Hall–Kier alpha value is -1.10.